The van der Waals surface area contributed by atoms with Crippen molar-refractivity contribution in [1.82, 2.24) is 15.1 Å². The smallest absolute Gasteiger partial charge is 0.254 e. The van der Waals surface area contributed by atoms with E-state index in [0.717, 1.165) is 12.8 Å². The zero-order chi connectivity index (χ0) is 24.8. The van der Waals surface area contributed by atoms with Crippen LogP contribution in [0.1, 0.15) is 41.6 Å². The van der Waals surface area contributed by atoms with Crippen LogP contribution >= 0.6 is 11.8 Å². The summed E-state index contributed by atoms with van der Waals surface area (Å²) in [4.78, 5) is 42.8. The van der Waals surface area contributed by atoms with Crippen LogP contribution in [0.2, 0.25) is 0 Å². The molecule has 2 aliphatic heterocycles. The van der Waals surface area contributed by atoms with Crippen LogP contribution in [-0.2, 0) is 16.0 Å². The van der Waals surface area contributed by atoms with Gasteiger partial charge in [0.05, 0.1) is 7.11 Å². The van der Waals surface area contributed by atoms with Crippen molar-refractivity contribution in [2.24, 2.45) is 0 Å². The Morgan fingerprint density at radius 3 is 2.40 bits per heavy atom. The van der Waals surface area contributed by atoms with Gasteiger partial charge < -0.3 is 19.9 Å². The number of nitrogens with zero attached hydrogens (tertiary/aromatic N) is 2. The second kappa shape index (κ2) is 11.2. The first-order chi connectivity index (χ1) is 16.9. The van der Waals surface area contributed by atoms with Crippen molar-refractivity contribution in [2.45, 2.75) is 42.5 Å². The van der Waals surface area contributed by atoms with E-state index in [1.54, 1.807) is 42.0 Å². The average Bonchev–Trinajstić information content (AvgIpc) is 3.27. The molecule has 0 unspecified atom stereocenters. The predicted molar refractivity (Wildman–Crippen MR) is 137 cm³/mol. The minimum atomic E-state index is -0.377. The summed E-state index contributed by atoms with van der Waals surface area (Å²) >= 11 is 1.70. The lowest BCUT2D eigenvalue weighted by Crippen LogP contribution is -2.51. The highest BCUT2D eigenvalue weighted by Gasteiger charge is 2.38. The van der Waals surface area contributed by atoms with E-state index in [2.05, 4.69) is 29.6 Å². The molecule has 2 aliphatic rings. The number of hydrogen-bond donors (Lipinski definition) is 1. The molecule has 1 atom stereocenters. The topological polar surface area (TPSA) is 79.0 Å². The van der Waals surface area contributed by atoms with E-state index < -0.39 is 0 Å². The van der Waals surface area contributed by atoms with Crippen molar-refractivity contribution in [3.05, 3.63) is 59.7 Å². The molecule has 2 heterocycles. The minimum Gasteiger partial charge on any atom is -0.497 e. The number of carbonyl (C=O) groups is 3. The Morgan fingerprint density at radius 1 is 1.06 bits per heavy atom. The fourth-order valence-electron chi connectivity index (χ4n) is 4.92. The van der Waals surface area contributed by atoms with Gasteiger partial charge in [-0.1, -0.05) is 18.2 Å². The lowest BCUT2D eigenvalue weighted by molar-refractivity contribution is -0.133. The lowest BCUT2D eigenvalue weighted by Gasteiger charge is -2.36. The fourth-order valence-corrected chi connectivity index (χ4v) is 5.33. The summed E-state index contributed by atoms with van der Waals surface area (Å²) in [5.74, 6) is 0.744. The van der Waals surface area contributed by atoms with E-state index in [9.17, 15) is 14.4 Å². The fraction of sp³-hybridized carbons (Fsp3) is 0.444. The summed E-state index contributed by atoms with van der Waals surface area (Å²) < 4.78 is 5.22. The van der Waals surface area contributed by atoms with Gasteiger partial charge in [0.25, 0.3) is 5.91 Å². The second-order valence-electron chi connectivity index (χ2n) is 9.26. The number of carbonyl (C=O) groups excluding carboxylic acids is 3. The summed E-state index contributed by atoms with van der Waals surface area (Å²) in [7, 11) is 1.58. The average molecular weight is 496 g/mol. The van der Waals surface area contributed by atoms with Crippen molar-refractivity contribution >= 4 is 29.5 Å². The van der Waals surface area contributed by atoms with Gasteiger partial charge in [0.15, 0.2) is 0 Å². The summed E-state index contributed by atoms with van der Waals surface area (Å²) in [6.45, 7) is 2.05. The molecular formula is C27H33N3O4S. The van der Waals surface area contributed by atoms with Crippen LogP contribution in [0.5, 0.6) is 5.75 Å². The van der Waals surface area contributed by atoms with Gasteiger partial charge in [0, 0.05) is 55.0 Å². The summed E-state index contributed by atoms with van der Waals surface area (Å²) in [5, 5.41) is 3.17. The predicted octanol–water partition coefficient (Wildman–Crippen LogP) is 3.37. The number of amides is 3. The molecule has 0 aliphatic carbocycles. The van der Waals surface area contributed by atoms with Gasteiger partial charge in [-0.15, -0.1) is 11.8 Å². The normalized spacial score (nSPS) is 20.0. The third-order valence-electron chi connectivity index (χ3n) is 6.99. The number of rotatable bonds is 8. The van der Waals surface area contributed by atoms with Gasteiger partial charge >= 0.3 is 0 Å². The monoisotopic (exact) mass is 495 g/mol. The zero-order valence-corrected chi connectivity index (χ0v) is 21.2. The Bertz CT molecular complexity index is 1070. The van der Waals surface area contributed by atoms with Crippen molar-refractivity contribution in [3.63, 3.8) is 0 Å². The molecule has 2 fully saturated rings. The van der Waals surface area contributed by atoms with E-state index >= 15 is 0 Å². The molecule has 0 aromatic heterocycles. The van der Waals surface area contributed by atoms with Crippen LogP contribution in [0.4, 0.5) is 0 Å². The molecule has 35 heavy (non-hydrogen) atoms. The number of thioether (sulfide) groups is 1. The highest BCUT2D eigenvalue weighted by molar-refractivity contribution is 7.98. The van der Waals surface area contributed by atoms with Crippen molar-refractivity contribution in [3.8, 4) is 5.75 Å². The number of benzene rings is 2. The molecule has 2 aromatic carbocycles. The maximum Gasteiger partial charge on any atom is 0.254 e. The third-order valence-corrected chi connectivity index (χ3v) is 7.73. The van der Waals surface area contributed by atoms with Crippen molar-refractivity contribution < 1.29 is 19.1 Å². The van der Waals surface area contributed by atoms with E-state index in [1.807, 2.05) is 17.2 Å². The molecule has 3 amide bonds. The van der Waals surface area contributed by atoms with Crippen LogP contribution in [0.3, 0.4) is 0 Å². The standard InChI is InChI=1S/C27H33N3O4S/c1-34-22-5-3-4-21(18-22)26(33)30-16-14-29(15-17-30)25(32)11-13-27(12-10-24(31)28-27)19-20-6-8-23(35-2)9-7-20/h3-9,18H,10-17,19H2,1-2H3,(H,28,31)/t27-/m0/s1. The Balaban J connectivity index is 1.31. The SMILES string of the molecule is COc1cccc(C(=O)N2CCN(C(=O)CC[C@]3(Cc4ccc(SC)cc4)CCC(=O)N3)CC2)c1. The maximum absolute atomic E-state index is 13.0. The van der Waals surface area contributed by atoms with Gasteiger partial charge in [-0.2, -0.15) is 0 Å². The molecule has 8 heteroatoms. The van der Waals surface area contributed by atoms with E-state index in [4.69, 9.17) is 4.74 Å². The van der Waals surface area contributed by atoms with E-state index in [1.165, 1.54) is 10.5 Å². The zero-order valence-electron chi connectivity index (χ0n) is 20.4. The number of nitrogens with one attached hydrogen (secondary N) is 1. The number of hydrogen-bond acceptors (Lipinski definition) is 5. The third kappa shape index (κ3) is 6.17. The maximum atomic E-state index is 13.0. The minimum absolute atomic E-state index is 0.0453. The summed E-state index contributed by atoms with van der Waals surface area (Å²) in [6, 6.07) is 15.6. The highest BCUT2D eigenvalue weighted by atomic mass is 32.2. The Hall–Kier alpha value is -3.00. The first-order valence-corrected chi connectivity index (χ1v) is 13.3. The molecule has 4 rings (SSSR count). The molecule has 0 bridgehead atoms. The Labute approximate surface area is 211 Å². The molecule has 2 aromatic rings. The Morgan fingerprint density at radius 2 is 1.77 bits per heavy atom. The number of methoxy groups -OCH3 is 1. The van der Waals surface area contributed by atoms with Crippen LogP contribution in [0, 0.1) is 0 Å². The van der Waals surface area contributed by atoms with Gasteiger partial charge in [-0.25, -0.2) is 0 Å². The van der Waals surface area contributed by atoms with Gasteiger partial charge in [0.1, 0.15) is 5.75 Å². The van der Waals surface area contributed by atoms with E-state index in [-0.39, 0.29) is 23.3 Å². The van der Waals surface area contributed by atoms with Crippen molar-refractivity contribution in [1.29, 1.82) is 0 Å². The number of piperazine rings is 1. The van der Waals surface area contributed by atoms with Crippen LogP contribution in [0.15, 0.2) is 53.4 Å². The molecule has 1 N–H and O–H groups in total. The largest absolute Gasteiger partial charge is 0.497 e. The molecule has 0 radical (unpaired) electrons. The molecule has 0 saturated carbocycles. The van der Waals surface area contributed by atoms with Gasteiger partial charge in [0.2, 0.25) is 11.8 Å². The second-order valence-corrected chi connectivity index (χ2v) is 10.1. The van der Waals surface area contributed by atoms with Gasteiger partial charge in [-0.3, -0.25) is 14.4 Å². The summed E-state index contributed by atoms with van der Waals surface area (Å²) in [5.41, 5.74) is 1.38. The number of ether oxygens (including phenoxy) is 1. The molecule has 186 valence electrons. The molecule has 0 spiro atoms. The van der Waals surface area contributed by atoms with Gasteiger partial charge in [-0.05, 0) is 61.4 Å². The van der Waals surface area contributed by atoms with Crippen molar-refractivity contribution in [2.75, 3.05) is 39.5 Å². The molecule has 2 saturated heterocycles. The van der Waals surface area contributed by atoms with Crippen LogP contribution in [0.25, 0.3) is 0 Å². The molecular weight excluding hydrogens is 462 g/mol. The van der Waals surface area contributed by atoms with E-state index in [0.29, 0.717) is 56.8 Å². The quantitative estimate of drug-likeness (QED) is 0.568. The lowest BCUT2D eigenvalue weighted by atomic mass is 9.85. The van der Waals surface area contributed by atoms with Crippen LogP contribution in [-0.4, -0.2) is 72.6 Å². The first kappa shape index (κ1) is 25.1. The summed E-state index contributed by atoms with van der Waals surface area (Å²) in [6.07, 6.45) is 5.02. The first-order valence-electron chi connectivity index (χ1n) is 12.1. The Kier molecular flexibility index (Phi) is 8.00. The highest BCUT2D eigenvalue weighted by Crippen LogP contribution is 2.30. The van der Waals surface area contributed by atoms with Crippen LogP contribution < -0.4 is 10.1 Å². The molecule has 7 nitrogen and oxygen atoms in total.